The molecule has 0 radical (unpaired) electrons. The molecule has 0 aliphatic carbocycles. The molecule has 1 saturated heterocycles. The predicted octanol–water partition coefficient (Wildman–Crippen LogP) is 10.9. The third-order valence-electron chi connectivity index (χ3n) is 9.11. The Morgan fingerprint density at radius 3 is 1.61 bits per heavy atom. The highest BCUT2D eigenvalue weighted by atomic mass is 35.5. The first-order chi connectivity index (χ1) is 23.9. The van der Waals surface area contributed by atoms with E-state index in [0.717, 1.165) is 11.1 Å². The zero-order valence-electron chi connectivity index (χ0n) is 27.0. The Labute approximate surface area is 315 Å². The lowest BCUT2D eigenvalue weighted by Crippen LogP contribution is -2.53. The lowest BCUT2D eigenvalue weighted by atomic mass is 9.78. The SMILES string of the molecule is CS(=O)C1CN(Cc2ccccc2)CC1(c1cc(Cl)cc(Cl)c1)C(F)(F)F.FC(F)(F)C1(c2cc(Cl)cc(Cl)c2)C=CN(Cc2ccccc2)C1. The average Bonchev–Trinajstić information content (AvgIpc) is 3.65. The maximum atomic E-state index is 14.4. The van der Waals surface area contributed by atoms with Crippen LogP contribution in [0.2, 0.25) is 20.1 Å². The number of halogens is 10. The zero-order valence-corrected chi connectivity index (χ0v) is 30.8. The van der Waals surface area contributed by atoms with Gasteiger partial charge < -0.3 is 4.90 Å². The summed E-state index contributed by atoms with van der Waals surface area (Å²) in [6.45, 7) is 0.320. The molecule has 2 aliphatic rings. The molecule has 4 unspecified atom stereocenters. The van der Waals surface area contributed by atoms with E-state index in [0.29, 0.717) is 13.1 Å². The largest absolute Gasteiger partial charge is 0.403 e. The molecule has 3 nitrogen and oxygen atoms in total. The van der Waals surface area contributed by atoms with Gasteiger partial charge in [0.25, 0.3) is 0 Å². The van der Waals surface area contributed by atoms with E-state index in [2.05, 4.69) is 0 Å². The van der Waals surface area contributed by atoms with Crippen molar-refractivity contribution in [1.29, 1.82) is 0 Å². The summed E-state index contributed by atoms with van der Waals surface area (Å²) in [7, 11) is -1.70. The first kappa shape index (κ1) is 39.5. The van der Waals surface area contributed by atoms with Crippen molar-refractivity contribution >= 4 is 57.2 Å². The standard InChI is InChI=1S/C19H18Cl2F3NOS.C18H14Cl2F3N/c1-27(26)17-11-25(10-13-5-3-2-4-6-13)12-18(17,19(22,23)24)14-7-15(20)9-16(21)8-14;19-15-8-14(9-16(20)10-15)17(18(21,22)23)6-7-24(12-17)11-13-4-2-1-3-5-13/h2-9,17H,10-12H2,1H3;1-10H,11-12H2. The molecular formula is C37H32Cl4F6N2OS. The van der Waals surface area contributed by atoms with Gasteiger partial charge in [0.05, 0.1) is 5.25 Å². The third-order valence-corrected chi connectivity index (χ3v) is 11.3. The molecule has 0 N–H and O–H groups in total. The van der Waals surface area contributed by atoms with E-state index in [1.807, 2.05) is 60.7 Å². The Morgan fingerprint density at radius 2 is 1.16 bits per heavy atom. The minimum atomic E-state index is -4.61. The smallest absolute Gasteiger partial charge is 0.372 e. The number of hydrogen-bond donors (Lipinski definition) is 0. The summed E-state index contributed by atoms with van der Waals surface area (Å²) in [5.74, 6) is 0. The van der Waals surface area contributed by atoms with Crippen molar-refractivity contribution in [3.8, 4) is 0 Å². The summed E-state index contributed by atoms with van der Waals surface area (Å²) in [4.78, 5) is 3.35. The number of likely N-dealkylation sites (tertiary alicyclic amines) is 1. The highest BCUT2D eigenvalue weighted by Crippen LogP contribution is 2.51. The van der Waals surface area contributed by atoms with E-state index in [-0.39, 0.29) is 50.9 Å². The summed E-state index contributed by atoms with van der Waals surface area (Å²) < 4.78 is 97.4. The molecule has 1 fully saturated rings. The molecule has 6 rings (SSSR count). The van der Waals surface area contributed by atoms with Crippen LogP contribution in [0.5, 0.6) is 0 Å². The zero-order chi connectivity index (χ0) is 37.2. The molecule has 4 aromatic carbocycles. The first-order valence-electron chi connectivity index (χ1n) is 15.6. The van der Waals surface area contributed by atoms with Gasteiger partial charge in [-0.25, -0.2) is 0 Å². The van der Waals surface area contributed by atoms with Crippen LogP contribution in [0.4, 0.5) is 26.3 Å². The highest BCUT2D eigenvalue weighted by Gasteiger charge is 2.65. The van der Waals surface area contributed by atoms with Gasteiger partial charge in [-0.2, -0.15) is 26.3 Å². The fourth-order valence-electron chi connectivity index (χ4n) is 6.72. The van der Waals surface area contributed by atoms with Crippen LogP contribution in [-0.2, 0) is 34.7 Å². The Kier molecular flexibility index (Phi) is 12.2. The molecular weight excluding hydrogens is 776 g/mol. The van der Waals surface area contributed by atoms with Crippen LogP contribution in [0.15, 0.2) is 109 Å². The van der Waals surface area contributed by atoms with Crippen LogP contribution in [-0.4, -0.2) is 57.5 Å². The Bertz CT molecular complexity index is 1840. The molecule has 0 saturated carbocycles. The predicted molar refractivity (Wildman–Crippen MR) is 194 cm³/mol. The van der Waals surface area contributed by atoms with Crippen molar-refractivity contribution < 1.29 is 30.6 Å². The fraction of sp³-hybridized carbons (Fsp3) is 0.297. The molecule has 0 amide bonds. The van der Waals surface area contributed by atoms with Gasteiger partial charge in [-0.1, -0.05) is 107 Å². The number of nitrogens with zero attached hydrogens (tertiary/aromatic N) is 2. The van der Waals surface area contributed by atoms with Gasteiger partial charge in [0, 0.05) is 69.9 Å². The Morgan fingerprint density at radius 1 is 0.686 bits per heavy atom. The normalized spacial score (nSPS) is 22.9. The minimum absolute atomic E-state index is 0.0386. The van der Waals surface area contributed by atoms with Crippen molar-refractivity contribution in [3.05, 3.63) is 152 Å². The van der Waals surface area contributed by atoms with E-state index in [4.69, 9.17) is 46.4 Å². The van der Waals surface area contributed by atoms with Crippen LogP contribution in [0.3, 0.4) is 0 Å². The van der Waals surface area contributed by atoms with Gasteiger partial charge in [0.2, 0.25) is 0 Å². The van der Waals surface area contributed by atoms with E-state index in [1.54, 1.807) is 9.80 Å². The Balaban J connectivity index is 0.000000199. The Hall–Kier alpha value is -2.73. The van der Waals surface area contributed by atoms with E-state index < -0.39 is 39.2 Å². The minimum Gasteiger partial charge on any atom is -0.372 e. The maximum Gasteiger partial charge on any atom is 0.403 e. The van der Waals surface area contributed by atoms with Gasteiger partial charge in [-0.3, -0.25) is 9.11 Å². The van der Waals surface area contributed by atoms with Crippen LogP contribution >= 0.6 is 46.4 Å². The maximum absolute atomic E-state index is 14.4. The fourth-order valence-corrected chi connectivity index (χ4v) is 9.10. The van der Waals surface area contributed by atoms with Gasteiger partial charge in [-0.15, -0.1) is 0 Å². The van der Waals surface area contributed by atoms with Gasteiger partial charge in [0.1, 0.15) is 10.8 Å². The molecule has 2 aliphatic heterocycles. The average molecular weight is 809 g/mol. The summed E-state index contributed by atoms with van der Waals surface area (Å²) in [6, 6.07) is 26.7. The van der Waals surface area contributed by atoms with Crippen molar-refractivity contribution in [3.63, 3.8) is 0 Å². The second-order valence-corrected chi connectivity index (χ2v) is 15.9. The van der Waals surface area contributed by atoms with Crippen LogP contribution in [0.25, 0.3) is 0 Å². The van der Waals surface area contributed by atoms with Crippen molar-refractivity contribution in [2.24, 2.45) is 0 Å². The monoisotopic (exact) mass is 806 g/mol. The molecule has 0 bridgehead atoms. The second kappa shape index (κ2) is 15.7. The van der Waals surface area contributed by atoms with Crippen LogP contribution in [0.1, 0.15) is 22.3 Å². The molecule has 51 heavy (non-hydrogen) atoms. The van der Waals surface area contributed by atoms with Gasteiger partial charge >= 0.3 is 12.4 Å². The second-order valence-electron chi connectivity index (χ2n) is 12.6. The van der Waals surface area contributed by atoms with Gasteiger partial charge in [-0.05, 0) is 70.9 Å². The van der Waals surface area contributed by atoms with Crippen molar-refractivity contribution in [2.45, 2.75) is 41.5 Å². The molecule has 4 atom stereocenters. The number of benzene rings is 4. The number of hydrogen-bond acceptors (Lipinski definition) is 3. The van der Waals surface area contributed by atoms with Gasteiger partial charge in [0.15, 0.2) is 0 Å². The first-order valence-corrected chi connectivity index (χ1v) is 18.7. The summed E-state index contributed by atoms with van der Waals surface area (Å²) in [5.41, 5.74) is -2.54. The molecule has 2 heterocycles. The molecule has 0 aromatic heterocycles. The quantitative estimate of drug-likeness (QED) is 0.174. The summed E-state index contributed by atoms with van der Waals surface area (Å²) in [6.07, 6.45) is -5.05. The molecule has 14 heteroatoms. The molecule has 4 aromatic rings. The molecule has 0 spiro atoms. The lowest BCUT2D eigenvalue weighted by Gasteiger charge is -2.36. The summed E-state index contributed by atoms with van der Waals surface area (Å²) in [5, 5.41) is -0.477. The van der Waals surface area contributed by atoms with Crippen molar-refractivity contribution in [2.75, 3.05) is 25.9 Å². The number of rotatable bonds is 7. The van der Waals surface area contributed by atoms with Crippen LogP contribution in [0, 0.1) is 0 Å². The lowest BCUT2D eigenvalue weighted by molar-refractivity contribution is -0.185. The van der Waals surface area contributed by atoms with Crippen molar-refractivity contribution in [1.82, 2.24) is 9.80 Å². The topological polar surface area (TPSA) is 23.6 Å². The van der Waals surface area contributed by atoms with E-state index >= 15 is 0 Å². The number of alkyl halides is 6. The third kappa shape index (κ3) is 8.74. The van der Waals surface area contributed by atoms with E-state index in [1.165, 1.54) is 54.9 Å². The van der Waals surface area contributed by atoms with Crippen LogP contribution < -0.4 is 0 Å². The highest BCUT2D eigenvalue weighted by molar-refractivity contribution is 7.85. The van der Waals surface area contributed by atoms with E-state index in [9.17, 15) is 30.6 Å². The summed E-state index contributed by atoms with van der Waals surface area (Å²) >= 11 is 23.8. The molecule has 272 valence electrons.